The molecule has 0 radical (unpaired) electrons. The number of aromatic hydroxyl groups is 1. The quantitative estimate of drug-likeness (QED) is 0.677. The lowest BCUT2D eigenvalue weighted by Gasteiger charge is -2.36. The average Bonchev–Trinajstić information content (AvgIpc) is 3.08. The fourth-order valence-corrected chi connectivity index (χ4v) is 4.95. The first-order chi connectivity index (χ1) is 12.0. The van der Waals surface area contributed by atoms with Crippen LogP contribution in [0.4, 0.5) is 0 Å². The summed E-state index contributed by atoms with van der Waals surface area (Å²) in [4.78, 5) is 8.23. The van der Waals surface area contributed by atoms with Crippen LogP contribution in [0.15, 0.2) is 28.7 Å². The Morgan fingerprint density at radius 2 is 2.08 bits per heavy atom. The summed E-state index contributed by atoms with van der Waals surface area (Å²) < 4.78 is 2.51. The smallest absolute Gasteiger partial charge is 0.230 e. The third kappa shape index (κ3) is 3.19. The molecule has 0 amide bonds. The van der Waals surface area contributed by atoms with Crippen molar-refractivity contribution in [3.05, 3.63) is 45.0 Å². The van der Waals surface area contributed by atoms with Crippen molar-refractivity contribution in [2.24, 2.45) is 0 Å². The molecule has 2 aromatic heterocycles. The lowest BCUT2D eigenvalue weighted by atomic mass is 9.99. The Kier molecular flexibility index (Phi) is 4.53. The normalized spacial score (nSPS) is 18.0. The van der Waals surface area contributed by atoms with E-state index in [0.717, 1.165) is 40.8 Å². The molecule has 6 nitrogen and oxygen atoms in total. The molecule has 1 atom stereocenters. The Hall–Kier alpha value is -1.48. The molecule has 2 N–H and O–H groups in total. The van der Waals surface area contributed by atoms with E-state index in [1.54, 1.807) is 0 Å². The van der Waals surface area contributed by atoms with E-state index in [2.05, 4.69) is 43.0 Å². The molecule has 1 aliphatic heterocycles. The molecule has 1 fully saturated rings. The maximum Gasteiger partial charge on any atom is 0.230 e. The third-order valence-corrected chi connectivity index (χ3v) is 6.15. The van der Waals surface area contributed by atoms with Crippen molar-refractivity contribution in [3.8, 4) is 5.88 Å². The predicted molar refractivity (Wildman–Crippen MR) is 100 cm³/mol. The number of nitrogens with zero attached hydrogens (tertiary/aromatic N) is 4. The van der Waals surface area contributed by atoms with E-state index in [1.807, 2.05) is 19.1 Å². The van der Waals surface area contributed by atoms with Crippen molar-refractivity contribution in [1.82, 2.24) is 19.5 Å². The highest BCUT2D eigenvalue weighted by Crippen LogP contribution is 2.41. The van der Waals surface area contributed by atoms with E-state index in [9.17, 15) is 10.2 Å². The summed E-state index contributed by atoms with van der Waals surface area (Å²) in [5.74, 6) is 0.796. The number of halogens is 1. The molecule has 1 saturated heterocycles. The number of hydrogen-bond acceptors (Lipinski definition) is 6. The molecule has 1 aromatic carbocycles. The SMILES string of the molecule is Cc1nc2sc([C@@H](c3cccc(Br)c3)N3CCC(O)CC3)c(O)n2n1. The second-order valence-electron chi connectivity index (χ2n) is 6.37. The Morgan fingerprint density at radius 3 is 2.76 bits per heavy atom. The van der Waals surface area contributed by atoms with Gasteiger partial charge in [-0.3, -0.25) is 4.90 Å². The van der Waals surface area contributed by atoms with Crippen LogP contribution in [0.25, 0.3) is 4.96 Å². The highest BCUT2D eigenvalue weighted by Gasteiger charge is 2.31. The number of thiazole rings is 1. The molecule has 0 saturated carbocycles. The van der Waals surface area contributed by atoms with Crippen molar-refractivity contribution >= 4 is 32.2 Å². The minimum absolute atomic E-state index is 0.0844. The number of aryl methyl sites for hydroxylation is 1. The van der Waals surface area contributed by atoms with E-state index in [0.29, 0.717) is 10.8 Å². The fourth-order valence-electron chi connectivity index (χ4n) is 3.37. The van der Waals surface area contributed by atoms with Crippen LogP contribution in [-0.4, -0.2) is 48.9 Å². The van der Waals surface area contributed by atoms with Gasteiger partial charge in [0.15, 0.2) is 0 Å². The molecule has 0 spiro atoms. The van der Waals surface area contributed by atoms with Crippen LogP contribution in [0.5, 0.6) is 5.88 Å². The Morgan fingerprint density at radius 1 is 1.32 bits per heavy atom. The Balaban J connectivity index is 1.81. The summed E-state index contributed by atoms with van der Waals surface area (Å²) in [5, 5.41) is 24.9. The molecular formula is C17H19BrN4O2S. The van der Waals surface area contributed by atoms with Crippen LogP contribution in [0.3, 0.4) is 0 Å². The van der Waals surface area contributed by atoms with Gasteiger partial charge in [0.25, 0.3) is 0 Å². The summed E-state index contributed by atoms with van der Waals surface area (Å²) in [6.07, 6.45) is 1.24. The Bertz CT molecular complexity index is 901. The van der Waals surface area contributed by atoms with Crippen molar-refractivity contribution in [1.29, 1.82) is 0 Å². The van der Waals surface area contributed by atoms with Crippen LogP contribution in [0.1, 0.15) is 35.1 Å². The van der Waals surface area contributed by atoms with Gasteiger partial charge in [-0.2, -0.15) is 4.52 Å². The first-order valence-corrected chi connectivity index (χ1v) is 9.86. The number of fused-ring (bicyclic) bond motifs is 1. The fraction of sp³-hybridized carbons (Fsp3) is 0.412. The molecule has 8 heteroatoms. The average molecular weight is 423 g/mol. The van der Waals surface area contributed by atoms with Crippen molar-refractivity contribution in [2.45, 2.75) is 31.9 Å². The molecule has 1 aliphatic rings. The first kappa shape index (κ1) is 17.0. The summed E-state index contributed by atoms with van der Waals surface area (Å²) in [6.45, 7) is 3.38. The first-order valence-electron chi connectivity index (χ1n) is 8.25. The number of piperidine rings is 1. The van der Waals surface area contributed by atoms with Gasteiger partial charge in [0.05, 0.1) is 17.0 Å². The zero-order chi connectivity index (χ0) is 17.6. The number of rotatable bonds is 3. The van der Waals surface area contributed by atoms with Crippen molar-refractivity contribution in [3.63, 3.8) is 0 Å². The van der Waals surface area contributed by atoms with Crippen LogP contribution in [0, 0.1) is 6.92 Å². The van der Waals surface area contributed by atoms with Gasteiger partial charge in [0.1, 0.15) is 5.82 Å². The van der Waals surface area contributed by atoms with E-state index >= 15 is 0 Å². The van der Waals surface area contributed by atoms with Gasteiger partial charge in [-0.05, 0) is 37.5 Å². The molecule has 0 bridgehead atoms. The highest BCUT2D eigenvalue weighted by molar-refractivity contribution is 9.10. The van der Waals surface area contributed by atoms with Crippen LogP contribution >= 0.6 is 27.3 Å². The maximum absolute atomic E-state index is 10.8. The largest absolute Gasteiger partial charge is 0.492 e. The van der Waals surface area contributed by atoms with Crippen LogP contribution in [0.2, 0.25) is 0 Å². The molecule has 3 heterocycles. The zero-order valence-electron chi connectivity index (χ0n) is 13.8. The topological polar surface area (TPSA) is 73.9 Å². The summed E-state index contributed by atoms with van der Waals surface area (Å²) >= 11 is 5.01. The summed E-state index contributed by atoms with van der Waals surface area (Å²) in [6, 6.07) is 8.06. The number of hydrogen-bond donors (Lipinski definition) is 2. The van der Waals surface area contributed by atoms with Crippen LogP contribution in [-0.2, 0) is 0 Å². The molecular weight excluding hydrogens is 404 g/mol. The van der Waals surface area contributed by atoms with Gasteiger partial charge in [0.2, 0.25) is 10.8 Å². The maximum atomic E-state index is 10.8. The van der Waals surface area contributed by atoms with Gasteiger partial charge >= 0.3 is 0 Å². The monoisotopic (exact) mass is 422 g/mol. The van der Waals surface area contributed by atoms with E-state index < -0.39 is 0 Å². The number of aliphatic hydroxyl groups is 1. The van der Waals surface area contributed by atoms with Gasteiger partial charge in [0, 0.05) is 17.6 Å². The van der Waals surface area contributed by atoms with Gasteiger partial charge < -0.3 is 10.2 Å². The highest BCUT2D eigenvalue weighted by atomic mass is 79.9. The number of aliphatic hydroxyl groups excluding tert-OH is 1. The predicted octanol–water partition coefficient (Wildman–Crippen LogP) is 3.11. The van der Waals surface area contributed by atoms with E-state index in [-0.39, 0.29) is 18.0 Å². The van der Waals surface area contributed by atoms with Crippen molar-refractivity contribution in [2.75, 3.05) is 13.1 Å². The molecule has 4 rings (SSSR count). The van der Waals surface area contributed by atoms with Crippen LogP contribution < -0.4 is 0 Å². The number of likely N-dealkylation sites (tertiary alicyclic amines) is 1. The minimum Gasteiger partial charge on any atom is -0.492 e. The lowest BCUT2D eigenvalue weighted by molar-refractivity contribution is 0.0689. The van der Waals surface area contributed by atoms with E-state index in [1.165, 1.54) is 15.9 Å². The Labute approximate surface area is 157 Å². The van der Waals surface area contributed by atoms with Gasteiger partial charge in [-0.25, -0.2) is 4.98 Å². The molecule has 25 heavy (non-hydrogen) atoms. The minimum atomic E-state index is -0.238. The number of benzene rings is 1. The number of aromatic nitrogens is 3. The second kappa shape index (κ2) is 6.68. The molecule has 132 valence electrons. The lowest BCUT2D eigenvalue weighted by Crippen LogP contribution is -2.38. The zero-order valence-corrected chi connectivity index (χ0v) is 16.2. The molecule has 0 unspecified atom stereocenters. The second-order valence-corrected chi connectivity index (χ2v) is 8.29. The van der Waals surface area contributed by atoms with Gasteiger partial charge in [-0.1, -0.05) is 39.4 Å². The molecule has 3 aromatic rings. The summed E-state index contributed by atoms with van der Waals surface area (Å²) in [5.41, 5.74) is 1.10. The van der Waals surface area contributed by atoms with Crippen molar-refractivity contribution < 1.29 is 10.2 Å². The molecule has 0 aliphatic carbocycles. The van der Waals surface area contributed by atoms with Gasteiger partial charge in [-0.15, -0.1) is 5.10 Å². The third-order valence-electron chi connectivity index (χ3n) is 4.58. The van der Waals surface area contributed by atoms with E-state index in [4.69, 9.17) is 0 Å². The summed E-state index contributed by atoms with van der Waals surface area (Å²) in [7, 11) is 0. The standard InChI is InChI=1S/C17H19BrN4O2S/c1-10-19-17-22(20-10)16(24)15(25-17)14(11-3-2-4-12(18)9-11)21-7-5-13(23)6-8-21/h2-4,9,13-14,23-24H,5-8H2,1H3/t14-/m1/s1.